The average Bonchev–Trinajstić information content (AvgIpc) is 3.27. The van der Waals surface area contributed by atoms with Gasteiger partial charge in [0.1, 0.15) is 5.69 Å². The monoisotopic (exact) mass is 420 g/mol. The maximum Gasteiger partial charge on any atom is 0.108 e. The molecule has 0 spiro atoms. The van der Waals surface area contributed by atoms with Crippen LogP contribution in [0.4, 0.5) is 0 Å². The molecule has 0 radical (unpaired) electrons. The van der Waals surface area contributed by atoms with Gasteiger partial charge in [-0.05, 0) is 30.2 Å². The van der Waals surface area contributed by atoms with Gasteiger partial charge >= 0.3 is 0 Å². The minimum Gasteiger partial charge on any atom is -0.370 e. The lowest BCUT2D eigenvalue weighted by Gasteiger charge is -2.10. The van der Waals surface area contributed by atoms with Crippen LogP contribution in [-0.4, -0.2) is 20.0 Å². The third-order valence-corrected chi connectivity index (χ3v) is 5.43. The zero-order valence-electron chi connectivity index (χ0n) is 18.0. The Hall–Kier alpha value is -3.83. The third kappa shape index (κ3) is 4.58. The number of ether oxygens (including phenoxy) is 1. The second-order valence-corrected chi connectivity index (χ2v) is 7.94. The summed E-state index contributed by atoms with van der Waals surface area (Å²) in [5.74, 6) is 0. The van der Waals surface area contributed by atoms with Crippen LogP contribution >= 0.6 is 0 Å². The molecule has 32 heavy (non-hydrogen) atoms. The number of aromatic nitrogens is 4. The minimum absolute atomic E-state index is 0.408. The maximum atomic E-state index is 6.04. The molecule has 5 rings (SSSR count). The van der Waals surface area contributed by atoms with Crippen molar-refractivity contribution in [3.8, 4) is 11.3 Å². The molecule has 2 heterocycles. The van der Waals surface area contributed by atoms with E-state index >= 15 is 0 Å². The molecule has 0 bridgehead atoms. The fourth-order valence-corrected chi connectivity index (χ4v) is 3.76. The molecule has 2 aromatic heterocycles. The maximum absolute atomic E-state index is 6.04. The summed E-state index contributed by atoms with van der Waals surface area (Å²) in [5.41, 5.74) is 7.39. The number of pyridine rings is 1. The number of nitrogens with zero attached hydrogens (tertiary/aromatic N) is 4. The number of rotatable bonds is 7. The van der Waals surface area contributed by atoms with Crippen molar-refractivity contribution in [1.82, 2.24) is 20.0 Å². The molecule has 0 saturated carbocycles. The molecule has 158 valence electrons. The Labute approximate surface area is 187 Å². The van der Waals surface area contributed by atoms with Gasteiger partial charge in [0.15, 0.2) is 0 Å². The summed E-state index contributed by atoms with van der Waals surface area (Å²) in [6.45, 7) is 3.67. The Bertz CT molecular complexity index is 1330. The van der Waals surface area contributed by atoms with Crippen molar-refractivity contribution < 1.29 is 4.74 Å². The summed E-state index contributed by atoms with van der Waals surface area (Å²) in [7, 11) is 0. The first-order valence-electron chi connectivity index (χ1n) is 10.7. The lowest BCUT2D eigenvalue weighted by molar-refractivity contribution is 0.105. The zero-order chi connectivity index (χ0) is 21.8. The standard InChI is InChI=1S/C27H24N4O/c1-20-11-13-22(14-12-20)27-15-23(25-9-5-6-10-26(25)28-27)18-32-19-24-17-31(30-29-24)16-21-7-3-2-4-8-21/h2-15,17H,16,18-19H2,1H3. The molecule has 0 aliphatic heterocycles. The van der Waals surface area contributed by atoms with E-state index in [1.165, 1.54) is 11.1 Å². The third-order valence-electron chi connectivity index (χ3n) is 5.43. The molecule has 0 amide bonds. The number of hydrogen-bond acceptors (Lipinski definition) is 4. The van der Waals surface area contributed by atoms with Crippen molar-refractivity contribution in [2.24, 2.45) is 0 Å². The average molecular weight is 421 g/mol. The van der Waals surface area contributed by atoms with Crippen LogP contribution in [0.25, 0.3) is 22.2 Å². The van der Waals surface area contributed by atoms with Crippen molar-refractivity contribution in [2.45, 2.75) is 26.7 Å². The summed E-state index contributed by atoms with van der Waals surface area (Å²) < 4.78 is 7.88. The van der Waals surface area contributed by atoms with Crippen molar-refractivity contribution in [1.29, 1.82) is 0 Å². The van der Waals surface area contributed by atoms with Gasteiger partial charge < -0.3 is 4.74 Å². The Morgan fingerprint density at radius 2 is 1.62 bits per heavy atom. The van der Waals surface area contributed by atoms with Gasteiger partial charge in [0.25, 0.3) is 0 Å². The molecule has 0 atom stereocenters. The highest BCUT2D eigenvalue weighted by Gasteiger charge is 2.09. The van der Waals surface area contributed by atoms with Gasteiger partial charge in [-0.3, -0.25) is 0 Å². The van der Waals surface area contributed by atoms with E-state index in [0.29, 0.717) is 19.8 Å². The van der Waals surface area contributed by atoms with E-state index in [1.807, 2.05) is 47.3 Å². The molecule has 0 aliphatic carbocycles. The van der Waals surface area contributed by atoms with Crippen molar-refractivity contribution in [3.63, 3.8) is 0 Å². The number of para-hydroxylation sites is 1. The molecular weight excluding hydrogens is 396 g/mol. The first-order chi connectivity index (χ1) is 15.7. The summed E-state index contributed by atoms with van der Waals surface area (Å²) in [6, 6.07) is 29.0. The van der Waals surface area contributed by atoms with Gasteiger partial charge in [-0.2, -0.15) is 0 Å². The molecule has 0 unspecified atom stereocenters. The van der Waals surface area contributed by atoms with Crippen molar-refractivity contribution in [2.75, 3.05) is 0 Å². The van der Waals surface area contributed by atoms with E-state index in [4.69, 9.17) is 9.72 Å². The Kier molecular flexibility index (Phi) is 5.73. The van der Waals surface area contributed by atoms with Gasteiger partial charge in [0.2, 0.25) is 0 Å². The molecule has 0 saturated heterocycles. The van der Waals surface area contributed by atoms with E-state index < -0.39 is 0 Å². The van der Waals surface area contributed by atoms with E-state index in [1.54, 1.807) is 0 Å². The molecule has 5 heteroatoms. The first kappa shape index (κ1) is 20.1. The van der Waals surface area contributed by atoms with Gasteiger partial charge in [-0.15, -0.1) is 5.10 Å². The normalized spacial score (nSPS) is 11.2. The van der Waals surface area contributed by atoms with Gasteiger partial charge in [0, 0.05) is 10.9 Å². The number of aryl methyl sites for hydroxylation is 1. The van der Waals surface area contributed by atoms with Crippen LogP contribution in [-0.2, 0) is 24.5 Å². The van der Waals surface area contributed by atoms with Crippen LogP contribution in [0.2, 0.25) is 0 Å². The lowest BCUT2D eigenvalue weighted by Crippen LogP contribution is -2.00. The van der Waals surface area contributed by atoms with Gasteiger partial charge in [-0.25, -0.2) is 9.67 Å². The number of fused-ring (bicyclic) bond motifs is 1. The van der Waals surface area contributed by atoms with Crippen molar-refractivity contribution >= 4 is 10.9 Å². The van der Waals surface area contributed by atoms with Crippen LogP contribution in [0.5, 0.6) is 0 Å². The largest absolute Gasteiger partial charge is 0.370 e. The quantitative estimate of drug-likeness (QED) is 0.346. The van der Waals surface area contributed by atoms with Crippen LogP contribution in [0, 0.1) is 6.92 Å². The Morgan fingerprint density at radius 3 is 2.47 bits per heavy atom. The number of hydrogen-bond donors (Lipinski definition) is 0. The van der Waals surface area contributed by atoms with E-state index in [-0.39, 0.29) is 0 Å². The zero-order valence-corrected chi connectivity index (χ0v) is 18.0. The Morgan fingerprint density at radius 1 is 0.844 bits per heavy atom. The predicted molar refractivity (Wildman–Crippen MR) is 126 cm³/mol. The molecule has 5 nitrogen and oxygen atoms in total. The summed E-state index contributed by atoms with van der Waals surface area (Å²) in [5, 5.41) is 9.59. The molecule has 0 aliphatic rings. The summed E-state index contributed by atoms with van der Waals surface area (Å²) >= 11 is 0. The SMILES string of the molecule is Cc1ccc(-c2cc(COCc3cn(Cc4ccccc4)nn3)c3ccccc3n2)cc1. The Balaban J connectivity index is 1.31. The molecule has 0 fully saturated rings. The highest BCUT2D eigenvalue weighted by Crippen LogP contribution is 2.26. The lowest BCUT2D eigenvalue weighted by atomic mass is 10.0. The summed E-state index contributed by atoms with van der Waals surface area (Å²) in [4.78, 5) is 4.86. The van der Waals surface area contributed by atoms with Crippen LogP contribution < -0.4 is 0 Å². The smallest absolute Gasteiger partial charge is 0.108 e. The van der Waals surface area contributed by atoms with E-state index in [9.17, 15) is 0 Å². The molecular formula is C27H24N4O. The van der Waals surface area contributed by atoms with E-state index in [0.717, 1.165) is 33.4 Å². The summed E-state index contributed by atoms with van der Waals surface area (Å²) in [6.07, 6.45) is 1.94. The predicted octanol–water partition coefficient (Wildman–Crippen LogP) is 5.57. The minimum atomic E-state index is 0.408. The van der Waals surface area contributed by atoms with Crippen LogP contribution in [0.3, 0.4) is 0 Å². The fraction of sp³-hybridized carbons (Fsp3) is 0.148. The topological polar surface area (TPSA) is 52.8 Å². The highest BCUT2D eigenvalue weighted by molar-refractivity contribution is 5.85. The fourth-order valence-electron chi connectivity index (χ4n) is 3.76. The molecule has 5 aromatic rings. The second kappa shape index (κ2) is 9.12. The highest BCUT2D eigenvalue weighted by atomic mass is 16.5. The van der Waals surface area contributed by atoms with Crippen molar-refractivity contribution in [3.05, 3.63) is 114 Å². The van der Waals surface area contributed by atoms with Crippen LogP contribution in [0.1, 0.15) is 22.4 Å². The van der Waals surface area contributed by atoms with Gasteiger partial charge in [-0.1, -0.05) is 83.6 Å². The van der Waals surface area contributed by atoms with Gasteiger partial charge in [0.05, 0.1) is 37.2 Å². The molecule has 0 N–H and O–H groups in total. The first-order valence-corrected chi connectivity index (χ1v) is 10.7. The number of benzene rings is 3. The second-order valence-electron chi connectivity index (χ2n) is 7.94. The molecule has 3 aromatic carbocycles. The van der Waals surface area contributed by atoms with Crippen LogP contribution in [0.15, 0.2) is 91.1 Å². The van der Waals surface area contributed by atoms with E-state index in [2.05, 4.69) is 65.8 Å².